The first kappa shape index (κ1) is 15.8. The lowest BCUT2D eigenvalue weighted by molar-refractivity contribution is -0.137. The van der Waals surface area contributed by atoms with Gasteiger partial charge < -0.3 is 9.47 Å². The Labute approximate surface area is 133 Å². The van der Waals surface area contributed by atoms with Gasteiger partial charge in [-0.3, -0.25) is 0 Å². The SMILES string of the molecule is CCn1ccnc1[C@H]1CCCN(c2cc(C(F)(F)F)ccn2)C1. The van der Waals surface area contributed by atoms with Crippen LogP contribution in [0.25, 0.3) is 0 Å². The third kappa shape index (κ3) is 3.33. The smallest absolute Gasteiger partial charge is 0.356 e. The topological polar surface area (TPSA) is 34.0 Å². The summed E-state index contributed by atoms with van der Waals surface area (Å²) in [5.41, 5.74) is -0.653. The number of pyridine rings is 1. The molecule has 3 heterocycles. The zero-order chi connectivity index (χ0) is 16.4. The summed E-state index contributed by atoms with van der Waals surface area (Å²) < 4.78 is 40.7. The number of piperidine rings is 1. The molecule has 0 radical (unpaired) electrons. The molecular formula is C16H19F3N4. The van der Waals surface area contributed by atoms with Crippen molar-refractivity contribution < 1.29 is 13.2 Å². The van der Waals surface area contributed by atoms with E-state index in [2.05, 4.69) is 21.5 Å². The van der Waals surface area contributed by atoms with E-state index in [1.165, 1.54) is 6.20 Å². The highest BCUT2D eigenvalue weighted by atomic mass is 19.4. The molecule has 0 bridgehead atoms. The fourth-order valence-corrected chi connectivity index (χ4v) is 3.11. The van der Waals surface area contributed by atoms with E-state index in [-0.39, 0.29) is 5.92 Å². The zero-order valence-corrected chi connectivity index (χ0v) is 12.9. The van der Waals surface area contributed by atoms with E-state index in [1.54, 1.807) is 6.20 Å². The molecule has 0 N–H and O–H groups in total. The van der Waals surface area contributed by atoms with E-state index < -0.39 is 11.7 Å². The summed E-state index contributed by atoms with van der Waals surface area (Å²) in [6.45, 7) is 4.26. The highest BCUT2D eigenvalue weighted by Gasteiger charge is 2.32. The third-order valence-corrected chi connectivity index (χ3v) is 4.27. The summed E-state index contributed by atoms with van der Waals surface area (Å²) in [6, 6.07) is 2.14. The van der Waals surface area contributed by atoms with Gasteiger partial charge in [-0.05, 0) is 31.9 Å². The predicted molar refractivity (Wildman–Crippen MR) is 81.3 cm³/mol. The molecule has 4 nitrogen and oxygen atoms in total. The van der Waals surface area contributed by atoms with Gasteiger partial charge >= 0.3 is 6.18 Å². The highest BCUT2D eigenvalue weighted by Crippen LogP contribution is 2.33. The van der Waals surface area contributed by atoms with Crippen molar-refractivity contribution in [3.05, 3.63) is 42.1 Å². The first-order chi connectivity index (χ1) is 11.0. The van der Waals surface area contributed by atoms with Crippen LogP contribution in [0, 0.1) is 0 Å². The maximum atomic E-state index is 12.9. The van der Waals surface area contributed by atoms with Crippen LogP contribution in [0.1, 0.15) is 37.1 Å². The standard InChI is InChI=1S/C16H19F3N4/c1-2-22-9-7-21-15(22)12-4-3-8-23(11-12)14-10-13(5-6-20-14)16(17,18)19/h5-7,9-10,12H,2-4,8,11H2,1H3/t12-/m0/s1. The molecular weight excluding hydrogens is 305 g/mol. The molecule has 1 aliphatic heterocycles. The Morgan fingerprint density at radius 1 is 1.26 bits per heavy atom. The van der Waals surface area contributed by atoms with Crippen molar-refractivity contribution in [1.29, 1.82) is 0 Å². The van der Waals surface area contributed by atoms with Crippen molar-refractivity contribution in [1.82, 2.24) is 14.5 Å². The lowest BCUT2D eigenvalue weighted by Crippen LogP contribution is -2.36. The Bertz CT molecular complexity index is 665. The fourth-order valence-electron chi connectivity index (χ4n) is 3.11. The van der Waals surface area contributed by atoms with Gasteiger partial charge in [-0.1, -0.05) is 0 Å². The molecule has 1 fully saturated rings. The van der Waals surface area contributed by atoms with Crippen LogP contribution in [0.2, 0.25) is 0 Å². The van der Waals surface area contributed by atoms with Crippen LogP contribution in [0.4, 0.5) is 19.0 Å². The van der Waals surface area contributed by atoms with E-state index in [4.69, 9.17) is 0 Å². The number of nitrogens with zero attached hydrogens (tertiary/aromatic N) is 4. The van der Waals surface area contributed by atoms with Gasteiger partial charge in [0.1, 0.15) is 11.6 Å². The summed E-state index contributed by atoms with van der Waals surface area (Å²) in [7, 11) is 0. The average molecular weight is 324 g/mol. The molecule has 1 aliphatic rings. The minimum absolute atomic E-state index is 0.218. The molecule has 0 aromatic carbocycles. The van der Waals surface area contributed by atoms with Crippen LogP contribution >= 0.6 is 0 Å². The summed E-state index contributed by atoms with van der Waals surface area (Å²) in [4.78, 5) is 10.5. The molecule has 0 aliphatic carbocycles. The first-order valence-corrected chi connectivity index (χ1v) is 7.78. The summed E-state index contributed by atoms with van der Waals surface area (Å²) in [5, 5.41) is 0. The maximum absolute atomic E-state index is 12.9. The molecule has 1 saturated heterocycles. The molecule has 3 rings (SSSR count). The van der Waals surface area contributed by atoms with Gasteiger partial charge in [0.05, 0.1) is 5.56 Å². The minimum Gasteiger partial charge on any atom is -0.356 e. The Hall–Kier alpha value is -2.05. The quantitative estimate of drug-likeness (QED) is 0.863. The molecule has 1 atom stereocenters. The second-order valence-electron chi connectivity index (χ2n) is 5.76. The van der Waals surface area contributed by atoms with E-state index in [9.17, 15) is 13.2 Å². The minimum atomic E-state index is -4.34. The lowest BCUT2D eigenvalue weighted by Gasteiger charge is -2.33. The number of anilines is 1. The van der Waals surface area contributed by atoms with Gasteiger partial charge in [0.15, 0.2) is 0 Å². The van der Waals surface area contributed by atoms with Crippen molar-refractivity contribution in [3.8, 4) is 0 Å². The number of hydrogen-bond donors (Lipinski definition) is 0. The molecule has 124 valence electrons. The number of aromatic nitrogens is 3. The van der Waals surface area contributed by atoms with E-state index in [0.29, 0.717) is 12.4 Å². The number of hydrogen-bond acceptors (Lipinski definition) is 3. The monoisotopic (exact) mass is 324 g/mol. The third-order valence-electron chi connectivity index (χ3n) is 4.27. The second kappa shape index (κ2) is 6.22. The first-order valence-electron chi connectivity index (χ1n) is 7.78. The van der Waals surface area contributed by atoms with Gasteiger partial charge in [-0.2, -0.15) is 13.2 Å². The molecule has 2 aromatic rings. The second-order valence-corrected chi connectivity index (χ2v) is 5.76. The van der Waals surface area contributed by atoms with Crippen molar-refractivity contribution in [3.63, 3.8) is 0 Å². The highest BCUT2D eigenvalue weighted by molar-refractivity contribution is 5.43. The van der Waals surface area contributed by atoms with E-state index in [0.717, 1.165) is 43.9 Å². The molecule has 0 spiro atoms. The molecule has 0 saturated carbocycles. The predicted octanol–water partition coefficient (Wildman–Crippen LogP) is 3.70. The number of aryl methyl sites for hydroxylation is 1. The fraction of sp³-hybridized carbons (Fsp3) is 0.500. The van der Waals surface area contributed by atoms with Gasteiger partial charge in [-0.15, -0.1) is 0 Å². The molecule has 0 amide bonds. The summed E-state index contributed by atoms with van der Waals surface area (Å²) in [6.07, 6.45) is 2.52. The Morgan fingerprint density at radius 2 is 2.09 bits per heavy atom. The van der Waals surface area contributed by atoms with Gasteiger partial charge in [-0.25, -0.2) is 9.97 Å². The van der Waals surface area contributed by atoms with Gasteiger partial charge in [0.2, 0.25) is 0 Å². The number of alkyl halides is 3. The molecule has 0 unspecified atom stereocenters. The summed E-state index contributed by atoms with van der Waals surface area (Å²) >= 11 is 0. The Morgan fingerprint density at radius 3 is 2.83 bits per heavy atom. The Kier molecular flexibility index (Phi) is 4.28. The summed E-state index contributed by atoms with van der Waals surface area (Å²) in [5.74, 6) is 1.61. The van der Waals surface area contributed by atoms with Crippen LogP contribution in [0.15, 0.2) is 30.7 Å². The van der Waals surface area contributed by atoms with Crippen molar-refractivity contribution in [2.24, 2.45) is 0 Å². The molecule has 7 heteroatoms. The molecule has 2 aromatic heterocycles. The van der Waals surface area contributed by atoms with E-state index >= 15 is 0 Å². The van der Waals surface area contributed by atoms with Crippen LogP contribution in [0.3, 0.4) is 0 Å². The van der Waals surface area contributed by atoms with Crippen LogP contribution in [-0.2, 0) is 12.7 Å². The van der Waals surface area contributed by atoms with Crippen molar-refractivity contribution >= 4 is 5.82 Å². The largest absolute Gasteiger partial charge is 0.416 e. The number of imidazole rings is 1. The van der Waals surface area contributed by atoms with Crippen molar-refractivity contribution in [2.75, 3.05) is 18.0 Å². The number of rotatable bonds is 3. The van der Waals surface area contributed by atoms with Crippen LogP contribution in [0.5, 0.6) is 0 Å². The van der Waals surface area contributed by atoms with Crippen LogP contribution < -0.4 is 4.90 Å². The zero-order valence-electron chi connectivity index (χ0n) is 12.9. The maximum Gasteiger partial charge on any atom is 0.416 e. The number of halogens is 3. The normalized spacial score (nSPS) is 19.1. The van der Waals surface area contributed by atoms with E-state index in [1.807, 2.05) is 11.1 Å². The van der Waals surface area contributed by atoms with Crippen LogP contribution in [-0.4, -0.2) is 27.6 Å². The molecule has 23 heavy (non-hydrogen) atoms. The Balaban J connectivity index is 1.81. The lowest BCUT2D eigenvalue weighted by atomic mass is 9.97. The van der Waals surface area contributed by atoms with Gasteiger partial charge in [0.25, 0.3) is 0 Å². The van der Waals surface area contributed by atoms with Crippen molar-refractivity contribution in [2.45, 2.75) is 38.4 Å². The van der Waals surface area contributed by atoms with Gasteiger partial charge in [0, 0.05) is 44.1 Å². The average Bonchev–Trinajstić information content (AvgIpc) is 3.03.